The van der Waals surface area contributed by atoms with Crippen LogP contribution in [0.25, 0.3) is 11.0 Å². The average molecular weight is 339 g/mol. The van der Waals surface area contributed by atoms with Crippen molar-refractivity contribution in [3.05, 3.63) is 53.3 Å². The second kappa shape index (κ2) is 7.15. The number of hydrogen-bond acceptors (Lipinski definition) is 4. The van der Waals surface area contributed by atoms with Gasteiger partial charge in [0.25, 0.3) is 0 Å². The Labute approximate surface area is 148 Å². The lowest BCUT2D eigenvalue weighted by Crippen LogP contribution is -2.16. The number of fused-ring (bicyclic) bond motifs is 1. The molecule has 25 heavy (non-hydrogen) atoms. The summed E-state index contributed by atoms with van der Waals surface area (Å²) in [6.07, 6.45) is 0.825. The number of nitrogens with two attached hydrogens (primary N) is 1. The summed E-state index contributed by atoms with van der Waals surface area (Å²) < 4.78 is 13.0. The second-order valence-electron chi connectivity index (χ2n) is 6.25. The summed E-state index contributed by atoms with van der Waals surface area (Å²) >= 11 is 0. The van der Waals surface area contributed by atoms with Crippen molar-refractivity contribution in [2.45, 2.75) is 32.9 Å². The predicted molar refractivity (Wildman–Crippen MR) is 100 cm³/mol. The summed E-state index contributed by atoms with van der Waals surface area (Å²) in [4.78, 5) is 4.78. The van der Waals surface area contributed by atoms with Crippen LogP contribution in [-0.2, 0) is 6.54 Å². The van der Waals surface area contributed by atoms with Crippen LogP contribution in [-0.4, -0.2) is 23.8 Å². The molecule has 2 N–H and O–H groups in total. The molecular formula is C20H25N3O2. The zero-order valence-corrected chi connectivity index (χ0v) is 15.2. The van der Waals surface area contributed by atoms with Gasteiger partial charge in [-0.2, -0.15) is 0 Å². The smallest absolute Gasteiger partial charge is 0.163 e. The summed E-state index contributed by atoms with van der Waals surface area (Å²) in [5, 5.41) is 0. The van der Waals surface area contributed by atoms with E-state index in [1.54, 1.807) is 14.2 Å². The normalized spacial score (nSPS) is 12.4. The van der Waals surface area contributed by atoms with Crippen molar-refractivity contribution in [2.75, 3.05) is 14.2 Å². The van der Waals surface area contributed by atoms with Gasteiger partial charge >= 0.3 is 0 Å². The highest BCUT2D eigenvalue weighted by molar-refractivity contribution is 5.81. The van der Waals surface area contributed by atoms with E-state index < -0.39 is 0 Å². The molecule has 1 aromatic heterocycles. The van der Waals surface area contributed by atoms with E-state index in [4.69, 9.17) is 20.2 Å². The molecule has 5 heteroatoms. The van der Waals surface area contributed by atoms with Gasteiger partial charge in [-0.15, -0.1) is 0 Å². The van der Waals surface area contributed by atoms with Crippen LogP contribution in [0.2, 0.25) is 0 Å². The molecule has 1 unspecified atom stereocenters. The highest BCUT2D eigenvalue weighted by Gasteiger charge is 2.18. The Hall–Kier alpha value is -2.53. The largest absolute Gasteiger partial charge is 0.493 e. The van der Waals surface area contributed by atoms with E-state index in [-0.39, 0.29) is 6.04 Å². The minimum Gasteiger partial charge on any atom is -0.493 e. The SMILES string of the molecule is CCC(N)c1nc2cc(OC)c(OC)cc2n1Cc1ccc(C)cc1. The van der Waals surface area contributed by atoms with Crippen LogP contribution in [0.15, 0.2) is 36.4 Å². The van der Waals surface area contributed by atoms with E-state index in [1.807, 2.05) is 12.1 Å². The summed E-state index contributed by atoms with van der Waals surface area (Å²) in [6, 6.07) is 12.3. The third-order valence-electron chi connectivity index (χ3n) is 4.52. The number of nitrogens with zero attached hydrogens (tertiary/aromatic N) is 2. The Bertz CT molecular complexity index is 869. The van der Waals surface area contributed by atoms with Gasteiger partial charge in [0.15, 0.2) is 11.5 Å². The molecule has 0 aliphatic heterocycles. The molecule has 1 atom stereocenters. The molecule has 1 heterocycles. The summed E-state index contributed by atoms with van der Waals surface area (Å²) in [5.74, 6) is 2.25. The number of rotatable bonds is 6. The zero-order chi connectivity index (χ0) is 18.0. The number of aromatic nitrogens is 2. The Kier molecular flexibility index (Phi) is 4.95. The fourth-order valence-corrected chi connectivity index (χ4v) is 2.98. The lowest BCUT2D eigenvalue weighted by molar-refractivity contribution is 0.355. The van der Waals surface area contributed by atoms with Crippen LogP contribution >= 0.6 is 0 Å². The molecular weight excluding hydrogens is 314 g/mol. The van der Waals surface area contributed by atoms with Gasteiger partial charge in [0.1, 0.15) is 5.82 Å². The zero-order valence-electron chi connectivity index (χ0n) is 15.2. The van der Waals surface area contributed by atoms with E-state index >= 15 is 0 Å². The topological polar surface area (TPSA) is 62.3 Å². The first kappa shape index (κ1) is 17.3. The predicted octanol–water partition coefficient (Wildman–Crippen LogP) is 3.82. The highest BCUT2D eigenvalue weighted by Crippen LogP contribution is 2.33. The second-order valence-corrected chi connectivity index (χ2v) is 6.25. The molecule has 0 aliphatic rings. The Morgan fingerprint density at radius 1 is 1.08 bits per heavy atom. The first-order valence-corrected chi connectivity index (χ1v) is 8.50. The Balaban J connectivity index is 2.16. The van der Waals surface area contributed by atoms with Crippen LogP contribution in [0.5, 0.6) is 11.5 Å². The maximum absolute atomic E-state index is 6.33. The van der Waals surface area contributed by atoms with Crippen LogP contribution in [0, 0.1) is 6.92 Å². The standard InChI is InChI=1S/C20H25N3O2/c1-5-15(21)20-22-16-10-18(24-3)19(25-4)11-17(16)23(20)12-14-8-6-13(2)7-9-14/h6-11,15H,5,12,21H2,1-4H3. The van der Waals surface area contributed by atoms with Gasteiger partial charge in [0, 0.05) is 18.7 Å². The number of imidazole rings is 1. The Morgan fingerprint density at radius 3 is 2.32 bits per heavy atom. The Morgan fingerprint density at radius 2 is 1.72 bits per heavy atom. The van der Waals surface area contributed by atoms with Gasteiger partial charge < -0.3 is 19.8 Å². The van der Waals surface area contributed by atoms with Crippen LogP contribution < -0.4 is 15.2 Å². The van der Waals surface area contributed by atoms with Crippen molar-refractivity contribution < 1.29 is 9.47 Å². The molecule has 2 aromatic carbocycles. The van der Waals surface area contributed by atoms with Gasteiger partial charge in [0.05, 0.1) is 31.3 Å². The molecule has 0 amide bonds. The number of aryl methyl sites for hydroxylation is 1. The molecule has 0 spiro atoms. The summed E-state index contributed by atoms with van der Waals surface area (Å²) in [7, 11) is 3.27. The maximum Gasteiger partial charge on any atom is 0.163 e. The molecule has 3 aromatic rings. The molecule has 0 fully saturated rings. The van der Waals surface area contributed by atoms with Crippen molar-refractivity contribution in [3.63, 3.8) is 0 Å². The quantitative estimate of drug-likeness (QED) is 0.741. The van der Waals surface area contributed by atoms with E-state index in [0.29, 0.717) is 11.5 Å². The number of ether oxygens (including phenoxy) is 2. The summed E-state index contributed by atoms with van der Waals surface area (Å²) in [6.45, 7) is 4.88. The molecule has 3 rings (SSSR count). The van der Waals surface area contributed by atoms with Gasteiger partial charge in [-0.05, 0) is 18.9 Å². The van der Waals surface area contributed by atoms with Crippen molar-refractivity contribution in [1.29, 1.82) is 0 Å². The fourth-order valence-electron chi connectivity index (χ4n) is 2.98. The van der Waals surface area contributed by atoms with E-state index in [2.05, 4.69) is 42.7 Å². The van der Waals surface area contributed by atoms with Crippen molar-refractivity contribution in [3.8, 4) is 11.5 Å². The average Bonchev–Trinajstić information content (AvgIpc) is 2.99. The van der Waals surface area contributed by atoms with Gasteiger partial charge in [-0.1, -0.05) is 36.8 Å². The first-order valence-electron chi connectivity index (χ1n) is 8.50. The molecule has 0 aliphatic carbocycles. The maximum atomic E-state index is 6.33. The van der Waals surface area contributed by atoms with E-state index in [1.165, 1.54) is 11.1 Å². The minimum absolute atomic E-state index is 0.116. The third kappa shape index (κ3) is 3.33. The lowest BCUT2D eigenvalue weighted by atomic mass is 10.1. The summed E-state index contributed by atoms with van der Waals surface area (Å²) in [5.41, 5.74) is 10.7. The molecule has 0 saturated carbocycles. The van der Waals surface area contributed by atoms with Gasteiger partial charge in [0.2, 0.25) is 0 Å². The van der Waals surface area contributed by atoms with Gasteiger partial charge in [-0.3, -0.25) is 0 Å². The molecule has 132 valence electrons. The lowest BCUT2D eigenvalue weighted by Gasteiger charge is -2.14. The van der Waals surface area contributed by atoms with Crippen molar-refractivity contribution in [2.24, 2.45) is 5.73 Å². The highest BCUT2D eigenvalue weighted by atomic mass is 16.5. The van der Waals surface area contributed by atoms with Crippen molar-refractivity contribution >= 4 is 11.0 Å². The fraction of sp³-hybridized carbons (Fsp3) is 0.350. The van der Waals surface area contributed by atoms with E-state index in [0.717, 1.165) is 29.8 Å². The van der Waals surface area contributed by atoms with Crippen LogP contribution in [0.3, 0.4) is 0 Å². The van der Waals surface area contributed by atoms with Crippen LogP contribution in [0.1, 0.15) is 36.3 Å². The molecule has 0 bridgehead atoms. The number of benzene rings is 2. The number of methoxy groups -OCH3 is 2. The van der Waals surface area contributed by atoms with E-state index in [9.17, 15) is 0 Å². The van der Waals surface area contributed by atoms with Crippen molar-refractivity contribution in [1.82, 2.24) is 9.55 Å². The van der Waals surface area contributed by atoms with Crippen LogP contribution in [0.4, 0.5) is 0 Å². The molecule has 0 saturated heterocycles. The minimum atomic E-state index is -0.116. The van der Waals surface area contributed by atoms with Gasteiger partial charge in [-0.25, -0.2) is 4.98 Å². The molecule has 0 radical (unpaired) electrons. The number of hydrogen-bond donors (Lipinski definition) is 1. The third-order valence-corrected chi connectivity index (χ3v) is 4.52. The monoisotopic (exact) mass is 339 g/mol. The molecule has 5 nitrogen and oxygen atoms in total. The first-order chi connectivity index (χ1) is 12.1.